The number of urea groups is 1. The fraction of sp³-hybridized carbons (Fsp3) is 0.727. The van der Waals surface area contributed by atoms with E-state index < -0.39 is 29.3 Å². The third-order valence-corrected chi connectivity index (χ3v) is 3.41. The van der Waals surface area contributed by atoms with E-state index in [4.69, 9.17) is 4.74 Å². The van der Waals surface area contributed by atoms with Gasteiger partial charge in [-0.1, -0.05) is 6.92 Å². The van der Waals surface area contributed by atoms with E-state index in [1.807, 2.05) is 0 Å². The summed E-state index contributed by atoms with van der Waals surface area (Å²) in [6.45, 7) is 4.42. The van der Waals surface area contributed by atoms with Crippen LogP contribution in [0, 0.1) is 5.92 Å². The third kappa shape index (κ3) is 1.82. The fourth-order valence-electron chi connectivity index (χ4n) is 2.32. The SMILES string of the molecule is CCC1C(=O)NC(=O)N(C2(C)CCOC2)C1=O. The van der Waals surface area contributed by atoms with E-state index >= 15 is 0 Å². The van der Waals surface area contributed by atoms with E-state index in [0.717, 1.165) is 4.90 Å². The number of carbonyl (C=O) groups is 3. The number of nitrogens with zero attached hydrogens (tertiary/aromatic N) is 1. The molecule has 6 nitrogen and oxygen atoms in total. The van der Waals surface area contributed by atoms with Crippen molar-refractivity contribution in [1.29, 1.82) is 0 Å². The molecule has 0 aromatic heterocycles. The maximum atomic E-state index is 12.2. The predicted octanol–water partition coefficient (Wildman–Crippen LogP) is 0.270. The summed E-state index contributed by atoms with van der Waals surface area (Å²) in [5.74, 6) is -1.67. The van der Waals surface area contributed by atoms with Crippen LogP contribution < -0.4 is 5.32 Å². The lowest BCUT2D eigenvalue weighted by Gasteiger charge is -2.39. The molecule has 4 amide bonds. The highest BCUT2D eigenvalue weighted by Gasteiger charge is 2.49. The molecule has 2 rings (SSSR count). The van der Waals surface area contributed by atoms with Gasteiger partial charge in [0, 0.05) is 6.61 Å². The van der Waals surface area contributed by atoms with Gasteiger partial charge in [0.25, 0.3) is 0 Å². The predicted molar refractivity (Wildman–Crippen MR) is 58.0 cm³/mol. The maximum Gasteiger partial charge on any atom is 0.331 e. The van der Waals surface area contributed by atoms with Crippen molar-refractivity contribution in [2.24, 2.45) is 5.92 Å². The summed E-state index contributed by atoms with van der Waals surface area (Å²) in [7, 11) is 0. The Kier molecular flexibility index (Phi) is 2.91. The van der Waals surface area contributed by atoms with Crippen molar-refractivity contribution in [2.45, 2.75) is 32.2 Å². The minimum atomic E-state index is -0.759. The number of hydrogen-bond acceptors (Lipinski definition) is 4. The number of carbonyl (C=O) groups excluding carboxylic acids is 3. The summed E-state index contributed by atoms with van der Waals surface area (Å²) in [4.78, 5) is 36.6. The van der Waals surface area contributed by atoms with E-state index in [0.29, 0.717) is 26.1 Å². The molecule has 94 valence electrons. The van der Waals surface area contributed by atoms with Gasteiger partial charge in [-0.15, -0.1) is 0 Å². The Morgan fingerprint density at radius 1 is 1.47 bits per heavy atom. The number of imide groups is 2. The number of amides is 4. The van der Waals surface area contributed by atoms with E-state index in [2.05, 4.69) is 5.32 Å². The smallest absolute Gasteiger partial charge is 0.331 e. The molecule has 6 heteroatoms. The van der Waals surface area contributed by atoms with E-state index in [-0.39, 0.29) is 0 Å². The van der Waals surface area contributed by atoms with Crippen LogP contribution in [0.5, 0.6) is 0 Å². The average molecular weight is 240 g/mol. The van der Waals surface area contributed by atoms with E-state index in [9.17, 15) is 14.4 Å². The lowest BCUT2D eigenvalue weighted by molar-refractivity contribution is -0.146. The minimum Gasteiger partial charge on any atom is -0.379 e. The Hall–Kier alpha value is -1.43. The topological polar surface area (TPSA) is 75.7 Å². The molecule has 0 aromatic carbocycles. The monoisotopic (exact) mass is 240 g/mol. The molecule has 0 aliphatic carbocycles. The Morgan fingerprint density at radius 2 is 2.18 bits per heavy atom. The molecule has 0 bridgehead atoms. The molecule has 1 N–H and O–H groups in total. The molecule has 0 spiro atoms. The minimum absolute atomic E-state index is 0.330. The normalized spacial score (nSPS) is 34.1. The van der Waals surface area contributed by atoms with Crippen molar-refractivity contribution in [3.63, 3.8) is 0 Å². The Bertz CT molecular complexity index is 374. The highest BCUT2D eigenvalue weighted by atomic mass is 16.5. The van der Waals surface area contributed by atoms with Gasteiger partial charge in [-0.05, 0) is 19.8 Å². The number of ether oxygens (including phenoxy) is 1. The zero-order valence-corrected chi connectivity index (χ0v) is 9.99. The van der Waals surface area contributed by atoms with Crippen molar-refractivity contribution in [3.8, 4) is 0 Å². The van der Waals surface area contributed by atoms with Crippen LogP contribution in [-0.2, 0) is 14.3 Å². The number of hydrogen-bond donors (Lipinski definition) is 1. The van der Waals surface area contributed by atoms with Gasteiger partial charge < -0.3 is 4.74 Å². The van der Waals surface area contributed by atoms with Gasteiger partial charge in [0.15, 0.2) is 0 Å². The Balaban J connectivity index is 2.29. The van der Waals surface area contributed by atoms with Gasteiger partial charge >= 0.3 is 6.03 Å². The molecule has 2 aliphatic rings. The second-order valence-electron chi connectivity index (χ2n) is 4.73. The quantitative estimate of drug-likeness (QED) is 0.703. The molecule has 2 heterocycles. The summed E-state index contributed by atoms with van der Waals surface area (Å²) in [5, 5.41) is 2.23. The highest BCUT2D eigenvalue weighted by molar-refractivity contribution is 6.16. The molecule has 0 saturated carbocycles. The largest absolute Gasteiger partial charge is 0.379 e. The van der Waals surface area contributed by atoms with Crippen molar-refractivity contribution in [2.75, 3.05) is 13.2 Å². The molecular weight excluding hydrogens is 224 g/mol. The van der Waals surface area contributed by atoms with Gasteiger partial charge in [-0.25, -0.2) is 4.79 Å². The second-order valence-corrected chi connectivity index (χ2v) is 4.73. The Labute approximate surface area is 99.3 Å². The summed E-state index contributed by atoms with van der Waals surface area (Å²) in [5.41, 5.74) is -0.630. The van der Waals surface area contributed by atoms with Crippen molar-refractivity contribution >= 4 is 17.8 Å². The lowest BCUT2D eigenvalue weighted by Crippen LogP contribution is -2.65. The second kappa shape index (κ2) is 4.10. The van der Waals surface area contributed by atoms with Crippen LogP contribution in [0.2, 0.25) is 0 Å². The van der Waals surface area contributed by atoms with Crippen molar-refractivity contribution in [1.82, 2.24) is 10.2 Å². The first-order valence-corrected chi connectivity index (χ1v) is 5.76. The molecule has 2 unspecified atom stereocenters. The maximum absolute atomic E-state index is 12.2. The summed E-state index contributed by atoms with van der Waals surface area (Å²) in [6, 6.07) is -0.627. The van der Waals surface area contributed by atoms with Crippen LogP contribution in [0.1, 0.15) is 26.7 Å². The van der Waals surface area contributed by atoms with Gasteiger partial charge in [-0.3, -0.25) is 19.8 Å². The Morgan fingerprint density at radius 3 is 2.71 bits per heavy atom. The average Bonchev–Trinajstić information content (AvgIpc) is 2.65. The summed E-state index contributed by atoms with van der Waals surface area (Å²) in [6.07, 6.45) is 1.00. The molecule has 0 radical (unpaired) electrons. The molecule has 2 saturated heterocycles. The van der Waals surface area contributed by atoms with Crippen LogP contribution in [0.25, 0.3) is 0 Å². The molecule has 2 fully saturated rings. The van der Waals surface area contributed by atoms with Crippen molar-refractivity contribution in [3.05, 3.63) is 0 Å². The lowest BCUT2D eigenvalue weighted by atomic mass is 9.93. The summed E-state index contributed by atoms with van der Waals surface area (Å²) >= 11 is 0. The van der Waals surface area contributed by atoms with Gasteiger partial charge in [0.2, 0.25) is 11.8 Å². The highest BCUT2D eigenvalue weighted by Crippen LogP contribution is 2.29. The van der Waals surface area contributed by atoms with Gasteiger partial charge in [0.1, 0.15) is 5.92 Å². The molecule has 2 atom stereocenters. The summed E-state index contributed by atoms with van der Waals surface area (Å²) < 4.78 is 5.25. The van der Waals surface area contributed by atoms with Crippen LogP contribution in [-0.4, -0.2) is 41.5 Å². The number of nitrogens with one attached hydrogen (secondary N) is 1. The molecular formula is C11H16N2O4. The van der Waals surface area contributed by atoms with Crippen molar-refractivity contribution < 1.29 is 19.1 Å². The first-order valence-electron chi connectivity index (χ1n) is 5.76. The number of rotatable bonds is 2. The first-order chi connectivity index (χ1) is 7.99. The van der Waals surface area contributed by atoms with Gasteiger partial charge in [-0.2, -0.15) is 0 Å². The number of barbiturate groups is 1. The van der Waals surface area contributed by atoms with Crippen LogP contribution in [0.3, 0.4) is 0 Å². The zero-order chi connectivity index (χ0) is 12.6. The molecule has 0 aromatic rings. The molecule has 17 heavy (non-hydrogen) atoms. The standard InChI is InChI=1S/C11H16N2O4/c1-3-7-8(14)12-10(16)13(9(7)15)11(2)4-5-17-6-11/h7H,3-6H2,1-2H3,(H,12,14,16). The third-order valence-electron chi connectivity index (χ3n) is 3.41. The van der Waals surface area contributed by atoms with E-state index in [1.54, 1.807) is 13.8 Å². The molecule has 2 aliphatic heterocycles. The van der Waals surface area contributed by atoms with Crippen LogP contribution >= 0.6 is 0 Å². The zero-order valence-electron chi connectivity index (χ0n) is 9.99. The van der Waals surface area contributed by atoms with E-state index in [1.165, 1.54) is 0 Å². The van der Waals surface area contributed by atoms with Crippen LogP contribution in [0.15, 0.2) is 0 Å². The first kappa shape index (κ1) is 12.0. The van der Waals surface area contributed by atoms with Gasteiger partial charge in [0.05, 0.1) is 12.1 Å². The fourth-order valence-corrected chi connectivity index (χ4v) is 2.32. The van der Waals surface area contributed by atoms with Crippen LogP contribution in [0.4, 0.5) is 4.79 Å².